The standard InChI is InChI=1S/C6H11F3N2O3S/c7-6(8,9)5(12)11-2-1-4(3-11)15(10,13)14/h4-5,12H,1-3H2,(H2,10,13,14). The fourth-order valence-electron chi connectivity index (χ4n) is 1.45. The number of alkyl halides is 3. The molecule has 0 aromatic rings. The van der Waals surface area contributed by atoms with Crippen molar-refractivity contribution in [1.82, 2.24) is 4.90 Å². The van der Waals surface area contributed by atoms with E-state index in [0.717, 1.165) is 0 Å². The van der Waals surface area contributed by atoms with Crippen molar-refractivity contribution in [2.45, 2.75) is 24.1 Å². The van der Waals surface area contributed by atoms with Gasteiger partial charge in [-0.1, -0.05) is 0 Å². The second kappa shape index (κ2) is 3.89. The number of aliphatic hydroxyl groups is 1. The molecule has 5 nitrogen and oxygen atoms in total. The summed E-state index contributed by atoms with van der Waals surface area (Å²) in [6.07, 6.45) is -7.39. The molecule has 2 atom stereocenters. The number of halogens is 3. The molecule has 1 aliphatic rings. The van der Waals surface area contributed by atoms with Crippen LogP contribution in [-0.2, 0) is 10.0 Å². The molecule has 1 saturated heterocycles. The summed E-state index contributed by atoms with van der Waals surface area (Å²) < 4.78 is 57.8. The molecule has 1 aliphatic heterocycles. The molecule has 9 heteroatoms. The second-order valence-electron chi connectivity index (χ2n) is 3.41. The Morgan fingerprint density at radius 2 is 2.00 bits per heavy atom. The van der Waals surface area contributed by atoms with E-state index >= 15 is 0 Å². The predicted molar refractivity (Wildman–Crippen MR) is 45.1 cm³/mol. The van der Waals surface area contributed by atoms with Crippen molar-refractivity contribution in [3.63, 3.8) is 0 Å². The Hall–Kier alpha value is -0.380. The van der Waals surface area contributed by atoms with Crippen molar-refractivity contribution in [3.8, 4) is 0 Å². The van der Waals surface area contributed by atoms with Gasteiger partial charge in [0.2, 0.25) is 16.3 Å². The van der Waals surface area contributed by atoms with Crippen LogP contribution < -0.4 is 5.14 Å². The maximum atomic E-state index is 12.1. The number of nitrogens with two attached hydrogens (primary N) is 1. The maximum Gasteiger partial charge on any atom is 0.428 e. The summed E-state index contributed by atoms with van der Waals surface area (Å²) in [5.41, 5.74) is 0. The molecule has 1 fully saturated rings. The molecule has 0 bridgehead atoms. The molecule has 2 unspecified atom stereocenters. The summed E-state index contributed by atoms with van der Waals surface area (Å²) in [6, 6.07) is 0. The number of hydrogen-bond acceptors (Lipinski definition) is 4. The van der Waals surface area contributed by atoms with Crippen LogP contribution in [0.2, 0.25) is 0 Å². The third-order valence-electron chi connectivity index (χ3n) is 2.28. The summed E-state index contributed by atoms with van der Waals surface area (Å²) in [6.45, 7) is -0.527. The monoisotopic (exact) mass is 248 g/mol. The minimum Gasteiger partial charge on any atom is -0.370 e. The van der Waals surface area contributed by atoms with Gasteiger partial charge in [-0.3, -0.25) is 4.90 Å². The van der Waals surface area contributed by atoms with Crippen LogP contribution in [0.25, 0.3) is 0 Å². The van der Waals surface area contributed by atoms with E-state index in [-0.39, 0.29) is 19.5 Å². The van der Waals surface area contributed by atoms with E-state index < -0.39 is 27.7 Å². The highest BCUT2D eigenvalue weighted by molar-refractivity contribution is 7.89. The Balaban J connectivity index is 2.65. The van der Waals surface area contributed by atoms with Gasteiger partial charge in [0.25, 0.3) is 0 Å². The van der Waals surface area contributed by atoms with Crippen molar-refractivity contribution >= 4 is 10.0 Å². The Labute approximate surface area is 84.7 Å². The van der Waals surface area contributed by atoms with E-state index in [2.05, 4.69) is 0 Å². The van der Waals surface area contributed by atoms with E-state index in [1.165, 1.54) is 0 Å². The highest BCUT2D eigenvalue weighted by atomic mass is 32.2. The third kappa shape index (κ3) is 3.03. The summed E-state index contributed by atoms with van der Waals surface area (Å²) >= 11 is 0. The third-order valence-corrected chi connectivity index (χ3v) is 3.59. The zero-order valence-corrected chi connectivity index (χ0v) is 8.42. The first-order valence-electron chi connectivity index (χ1n) is 4.13. The van der Waals surface area contributed by atoms with Gasteiger partial charge in [-0.05, 0) is 6.42 Å². The molecule has 90 valence electrons. The Kier molecular flexibility index (Phi) is 3.29. The number of rotatable bonds is 2. The molecule has 0 spiro atoms. The summed E-state index contributed by atoms with van der Waals surface area (Å²) in [5, 5.41) is 12.6. The summed E-state index contributed by atoms with van der Waals surface area (Å²) in [5.74, 6) is 0. The lowest BCUT2D eigenvalue weighted by Gasteiger charge is -2.24. The molecule has 0 radical (unpaired) electrons. The van der Waals surface area contributed by atoms with Gasteiger partial charge in [-0.15, -0.1) is 0 Å². The smallest absolute Gasteiger partial charge is 0.370 e. The summed E-state index contributed by atoms with van der Waals surface area (Å²) in [4.78, 5) is 0.648. The highest BCUT2D eigenvalue weighted by Gasteiger charge is 2.46. The average Bonchev–Trinajstić information content (AvgIpc) is 2.47. The Morgan fingerprint density at radius 3 is 2.33 bits per heavy atom. The van der Waals surface area contributed by atoms with Gasteiger partial charge in [0.15, 0.2) is 0 Å². The van der Waals surface area contributed by atoms with Crippen molar-refractivity contribution < 1.29 is 26.7 Å². The van der Waals surface area contributed by atoms with Gasteiger partial charge in [0.05, 0.1) is 5.25 Å². The average molecular weight is 248 g/mol. The minimum atomic E-state index is -4.77. The maximum absolute atomic E-state index is 12.1. The number of sulfonamides is 1. The van der Waals surface area contributed by atoms with E-state index in [1.807, 2.05) is 0 Å². The van der Waals surface area contributed by atoms with Crippen LogP contribution in [0.5, 0.6) is 0 Å². The predicted octanol–water partition coefficient (Wildman–Crippen LogP) is -0.770. The molecule has 1 heterocycles. The molecule has 15 heavy (non-hydrogen) atoms. The highest BCUT2D eigenvalue weighted by Crippen LogP contribution is 2.26. The second-order valence-corrected chi connectivity index (χ2v) is 5.25. The van der Waals surface area contributed by atoms with Crippen molar-refractivity contribution in [3.05, 3.63) is 0 Å². The minimum absolute atomic E-state index is 0.00593. The topological polar surface area (TPSA) is 83.6 Å². The fraction of sp³-hybridized carbons (Fsp3) is 1.00. The first-order valence-corrected chi connectivity index (χ1v) is 5.74. The first-order chi connectivity index (χ1) is 6.62. The van der Waals surface area contributed by atoms with E-state index in [1.54, 1.807) is 0 Å². The van der Waals surface area contributed by atoms with Crippen LogP contribution in [-0.4, -0.2) is 49.2 Å². The molecule has 1 rings (SSSR count). The van der Waals surface area contributed by atoms with Crippen LogP contribution in [0.3, 0.4) is 0 Å². The van der Waals surface area contributed by atoms with E-state index in [9.17, 15) is 21.6 Å². The van der Waals surface area contributed by atoms with E-state index in [4.69, 9.17) is 10.2 Å². The van der Waals surface area contributed by atoms with Crippen LogP contribution >= 0.6 is 0 Å². The summed E-state index contributed by atoms with van der Waals surface area (Å²) in [7, 11) is -3.83. The number of likely N-dealkylation sites (tertiary alicyclic amines) is 1. The van der Waals surface area contributed by atoms with Gasteiger partial charge in [-0.25, -0.2) is 13.6 Å². The Bertz CT molecular complexity index is 329. The van der Waals surface area contributed by atoms with Gasteiger partial charge in [-0.2, -0.15) is 13.2 Å². The largest absolute Gasteiger partial charge is 0.428 e. The van der Waals surface area contributed by atoms with Crippen LogP contribution in [0.4, 0.5) is 13.2 Å². The molecule has 0 aliphatic carbocycles. The molecular weight excluding hydrogens is 237 g/mol. The molecule has 0 amide bonds. The SMILES string of the molecule is NS(=O)(=O)C1CCN(C(O)C(F)(F)F)C1. The molecular formula is C6H11F3N2O3S. The number of nitrogens with zero attached hydrogens (tertiary/aromatic N) is 1. The Morgan fingerprint density at radius 1 is 1.47 bits per heavy atom. The lowest BCUT2D eigenvalue weighted by Crippen LogP contribution is -2.45. The molecule has 0 saturated carbocycles. The molecule has 0 aromatic heterocycles. The molecule has 3 N–H and O–H groups in total. The number of primary sulfonamides is 1. The lowest BCUT2D eigenvalue weighted by molar-refractivity contribution is -0.246. The normalized spacial score (nSPS) is 26.9. The zero-order valence-electron chi connectivity index (χ0n) is 7.61. The first kappa shape index (κ1) is 12.7. The van der Waals surface area contributed by atoms with Crippen molar-refractivity contribution in [1.29, 1.82) is 0 Å². The van der Waals surface area contributed by atoms with Crippen LogP contribution in [0.1, 0.15) is 6.42 Å². The number of hydrogen-bond donors (Lipinski definition) is 2. The van der Waals surface area contributed by atoms with Crippen LogP contribution in [0.15, 0.2) is 0 Å². The van der Waals surface area contributed by atoms with Crippen molar-refractivity contribution in [2.75, 3.05) is 13.1 Å². The number of aliphatic hydroxyl groups excluding tert-OH is 1. The van der Waals surface area contributed by atoms with Crippen molar-refractivity contribution in [2.24, 2.45) is 5.14 Å². The van der Waals surface area contributed by atoms with Gasteiger partial charge in [0, 0.05) is 13.1 Å². The fourth-order valence-corrected chi connectivity index (χ4v) is 2.28. The zero-order chi connectivity index (χ0) is 11.9. The van der Waals surface area contributed by atoms with Gasteiger partial charge >= 0.3 is 6.18 Å². The lowest BCUT2D eigenvalue weighted by atomic mass is 10.4. The van der Waals surface area contributed by atoms with Gasteiger partial charge in [0.1, 0.15) is 0 Å². The van der Waals surface area contributed by atoms with Gasteiger partial charge < -0.3 is 5.11 Å². The molecule has 0 aromatic carbocycles. The quantitative estimate of drug-likeness (QED) is 0.672. The van der Waals surface area contributed by atoms with E-state index in [0.29, 0.717) is 4.90 Å². The van der Waals surface area contributed by atoms with Crippen LogP contribution in [0, 0.1) is 0 Å².